The van der Waals surface area contributed by atoms with Crippen molar-refractivity contribution in [2.75, 3.05) is 0 Å². The Morgan fingerprint density at radius 2 is 1.86 bits per heavy atom. The second kappa shape index (κ2) is 5.66. The maximum atomic E-state index is 12.1. The van der Waals surface area contributed by atoms with Crippen LogP contribution in [-0.2, 0) is 19.1 Å². The molecule has 118 valence electrons. The van der Waals surface area contributed by atoms with Gasteiger partial charge in [0.15, 0.2) is 0 Å². The minimum absolute atomic E-state index is 0.0363. The van der Waals surface area contributed by atoms with Crippen LogP contribution in [0.15, 0.2) is 0 Å². The largest absolute Gasteiger partial charge is 0.444 e. The first-order valence-corrected chi connectivity index (χ1v) is 7.48. The first-order chi connectivity index (χ1) is 9.72. The van der Waals surface area contributed by atoms with E-state index in [1.165, 1.54) is 0 Å². The lowest BCUT2D eigenvalue weighted by Crippen LogP contribution is -2.57. The fourth-order valence-electron chi connectivity index (χ4n) is 3.15. The van der Waals surface area contributed by atoms with Crippen LogP contribution in [0.25, 0.3) is 0 Å². The maximum Gasteiger partial charge on any atom is 0.408 e. The molecule has 1 heterocycles. The predicted molar refractivity (Wildman–Crippen MR) is 74.4 cm³/mol. The average molecular weight is 297 g/mol. The molecule has 1 saturated carbocycles. The van der Waals surface area contributed by atoms with Crippen molar-refractivity contribution in [3.63, 3.8) is 0 Å². The van der Waals surface area contributed by atoms with Gasteiger partial charge in [0.2, 0.25) is 0 Å². The summed E-state index contributed by atoms with van der Waals surface area (Å²) in [6.45, 7) is 5.36. The molecular weight excluding hydrogens is 274 g/mol. The zero-order chi connectivity index (χ0) is 15.7. The summed E-state index contributed by atoms with van der Waals surface area (Å²) in [5, 5.41) is 2.87. The van der Waals surface area contributed by atoms with Crippen molar-refractivity contribution in [2.45, 2.75) is 70.4 Å². The molecule has 6 nitrogen and oxygen atoms in total. The highest BCUT2D eigenvalue weighted by molar-refractivity contribution is 5.95. The van der Waals surface area contributed by atoms with E-state index in [-0.39, 0.29) is 6.42 Å². The number of esters is 2. The van der Waals surface area contributed by atoms with Gasteiger partial charge in [0.25, 0.3) is 0 Å². The van der Waals surface area contributed by atoms with Gasteiger partial charge in [-0.3, -0.25) is 9.59 Å². The van der Waals surface area contributed by atoms with E-state index in [4.69, 9.17) is 4.74 Å². The van der Waals surface area contributed by atoms with E-state index < -0.39 is 35.1 Å². The number of hydrogen-bond acceptors (Lipinski definition) is 5. The minimum atomic E-state index is -0.718. The molecule has 1 amide bonds. The predicted octanol–water partition coefficient (Wildman–Crippen LogP) is 2.30. The Balaban J connectivity index is 2.16. The van der Waals surface area contributed by atoms with E-state index in [0.29, 0.717) is 12.8 Å². The summed E-state index contributed by atoms with van der Waals surface area (Å²) in [6, 6.07) is 0. The van der Waals surface area contributed by atoms with Crippen LogP contribution in [0.5, 0.6) is 0 Å². The second-order valence-electron chi connectivity index (χ2n) is 6.89. The van der Waals surface area contributed by atoms with Crippen molar-refractivity contribution >= 4 is 18.0 Å². The lowest BCUT2D eigenvalue weighted by atomic mass is 9.72. The average Bonchev–Trinajstić information content (AvgIpc) is 2.67. The molecule has 1 atom stereocenters. The summed E-state index contributed by atoms with van der Waals surface area (Å²) in [5.41, 5.74) is -1.32. The van der Waals surface area contributed by atoms with E-state index in [0.717, 1.165) is 19.3 Å². The number of cyclic esters (lactones) is 2. The Kier molecular flexibility index (Phi) is 4.25. The third kappa shape index (κ3) is 3.74. The summed E-state index contributed by atoms with van der Waals surface area (Å²) in [4.78, 5) is 35.4. The van der Waals surface area contributed by atoms with Gasteiger partial charge >= 0.3 is 18.0 Å². The molecule has 1 N–H and O–H groups in total. The van der Waals surface area contributed by atoms with Gasteiger partial charge < -0.3 is 14.8 Å². The van der Waals surface area contributed by atoms with Gasteiger partial charge in [0.05, 0.1) is 17.9 Å². The zero-order valence-electron chi connectivity index (χ0n) is 12.9. The van der Waals surface area contributed by atoms with Crippen LogP contribution in [-0.4, -0.2) is 29.2 Å². The Morgan fingerprint density at radius 3 is 2.33 bits per heavy atom. The van der Waals surface area contributed by atoms with Crippen molar-refractivity contribution < 1.29 is 23.9 Å². The Morgan fingerprint density at radius 1 is 1.24 bits per heavy atom. The second-order valence-corrected chi connectivity index (χ2v) is 6.89. The first kappa shape index (κ1) is 15.8. The van der Waals surface area contributed by atoms with E-state index in [1.54, 1.807) is 20.8 Å². The summed E-state index contributed by atoms with van der Waals surface area (Å²) < 4.78 is 9.96. The standard InChI is InChI=1S/C15H23NO5/c1-14(2,3)21-13(19)16-15(7-5-4-6-8-15)10-9-11(17)20-12(10)18/h10H,4-9H2,1-3H3,(H,16,19). The van der Waals surface area contributed by atoms with E-state index in [9.17, 15) is 14.4 Å². The number of carbonyl (C=O) groups is 3. The Labute approximate surface area is 124 Å². The van der Waals surface area contributed by atoms with Gasteiger partial charge in [-0.2, -0.15) is 0 Å². The lowest BCUT2D eigenvalue weighted by molar-refractivity contribution is -0.154. The maximum absolute atomic E-state index is 12.1. The van der Waals surface area contributed by atoms with Crippen LogP contribution in [0.2, 0.25) is 0 Å². The number of amides is 1. The molecule has 1 aliphatic carbocycles. The SMILES string of the molecule is CC(C)(C)OC(=O)NC1(C2CC(=O)OC2=O)CCCCC1. The van der Waals surface area contributed by atoms with Crippen LogP contribution < -0.4 is 5.32 Å². The van der Waals surface area contributed by atoms with E-state index >= 15 is 0 Å². The van der Waals surface area contributed by atoms with Gasteiger partial charge in [-0.05, 0) is 33.6 Å². The molecule has 0 radical (unpaired) electrons. The van der Waals surface area contributed by atoms with Gasteiger partial charge in [-0.25, -0.2) is 4.79 Å². The van der Waals surface area contributed by atoms with Crippen molar-refractivity contribution in [3.8, 4) is 0 Å². The van der Waals surface area contributed by atoms with Crippen LogP contribution in [0.1, 0.15) is 59.3 Å². The number of hydrogen-bond donors (Lipinski definition) is 1. The number of ether oxygens (including phenoxy) is 2. The summed E-state index contributed by atoms with van der Waals surface area (Å²) in [7, 11) is 0. The monoisotopic (exact) mass is 297 g/mol. The van der Waals surface area contributed by atoms with Crippen molar-refractivity contribution in [1.29, 1.82) is 0 Å². The molecular formula is C15H23NO5. The van der Waals surface area contributed by atoms with Gasteiger partial charge in [-0.15, -0.1) is 0 Å². The highest BCUT2D eigenvalue weighted by Gasteiger charge is 2.51. The topological polar surface area (TPSA) is 81.7 Å². The van der Waals surface area contributed by atoms with Crippen LogP contribution in [0.4, 0.5) is 4.79 Å². The Bertz CT molecular complexity index is 445. The zero-order valence-corrected chi connectivity index (χ0v) is 12.9. The van der Waals surface area contributed by atoms with E-state index in [2.05, 4.69) is 10.1 Å². The van der Waals surface area contributed by atoms with Crippen molar-refractivity contribution in [2.24, 2.45) is 5.92 Å². The van der Waals surface area contributed by atoms with Crippen LogP contribution >= 0.6 is 0 Å². The molecule has 2 aliphatic rings. The molecule has 0 aromatic carbocycles. The minimum Gasteiger partial charge on any atom is -0.444 e. The highest BCUT2D eigenvalue weighted by Crippen LogP contribution is 2.39. The molecule has 6 heteroatoms. The fraction of sp³-hybridized carbons (Fsp3) is 0.800. The Hall–Kier alpha value is -1.59. The molecule has 0 aromatic heterocycles. The molecule has 1 saturated heterocycles. The normalized spacial score (nSPS) is 25.4. The number of rotatable bonds is 2. The van der Waals surface area contributed by atoms with Crippen LogP contribution in [0, 0.1) is 5.92 Å². The molecule has 2 rings (SSSR count). The number of nitrogens with one attached hydrogen (secondary N) is 1. The van der Waals surface area contributed by atoms with Gasteiger partial charge in [0.1, 0.15) is 5.60 Å². The van der Waals surface area contributed by atoms with E-state index in [1.807, 2.05) is 0 Å². The molecule has 21 heavy (non-hydrogen) atoms. The molecule has 1 unspecified atom stereocenters. The number of carbonyl (C=O) groups excluding carboxylic acids is 3. The number of alkyl carbamates (subject to hydrolysis) is 1. The third-order valence-corrected chi connectivity index (χ3v) is 4.03. The quantitative estimate of drug-likeness (QED) is 0.624. The molecule has 0 spiro atoms. The molecule has 2 fully saturated rings. The van der Waals surface area contributed by atoms with Crippen molar-refractivity contribution in [3.05, 3.63) is 0 Å². The van der Waals surface area contributed by atoms with Gasteiger partial charge in [0, 0.05) is 0 Å². The molecule has 0 bridgehead atoms. The van der Waals surface area contributed by atoms with Crippen LogP contribution in [0.3, 0.4) is 0 Å². The van der Waals surface area contributed by atoms with Crippen molar-refractivity contribution in [1.82, 2.24) is 5.32 Å². The summed E-state index contributed by atoms with van der Waals surface area (Å²) in [6.07, 6.45) is 3.71. The molecule has 0 aromatic rings. The summed E-state index contributed by atoms with van der Waals surface area (Å²) in [5.74, 6) is -1.64. The first-order valence-electron chi connectivity index (χ1n) is 7.48. The third-order valence-electron chi connectivity index (χ3n) is 4.03. The fourth-order valence-corrected chi connectivity index (χ4v) is 3.15. The highest BCUT2D eigenvalue weighted by atomic mass is 16.6. The summed E-state index contributed by atoms with van der Waals surface area (Å²) >= 11 is 0. The smallest absolute Gasteiger partial charge is 0.408 e. The van der Waals surface area contributed by atoms with Gasteiger partial charge in [-0.1, -0.05) is 19.3 Å². The molecule has 1 aliphatic heterocycles. The lowest BCUT2D eigenvalue weighted by Gasteiger charge is -2.40.